The Morgan fingerprint density at radius 3 is 2.48 bits per heavy atom. The minimum Gasteiger partial charge on any atom is -0.320 e. The van der Waals surface area contributed by atoms with Gasteiger partial charge in [-0.15, -0.1) is 0 Å². The highest BCUT2D eigenvalue weighted by Gasteiger charge is 2.24. The van der Waals surface area contributed by atoms with Gasteiger partial charge in [0.2, 0.25) is 5.91 Å². The Morgan fingerprint density at radius 2 is 1.76 bits per heavy atom. The van der Waals surface area contributed by atoms with E-state index in [9.17, 15) is 4.79 Å². The second-order valence-electron chi connectivity index (χ2n) is 5.17. The van der Waals surface area contributed by atoms with Crippen molar-refractivity contribution in [3.63, 3.8) is 0 Å². The Hall–Kier alpha value is -1.55. The van der Waals surface area contributed by atoms with Gasteiger partial charge in [0.05, 0.1) is 22.5 Å². The molecule has 0 saturated heterocycles. The van der Waals surface area contributed by atoms with Crippen molar-refractivity contribution in [3.05, 3.63) is 63.1 Å². The molecule has 21 heavy (non-hydrogen) atoms. The molecule has 1 atom stereocenters. The molecule has 0 aromatic heterocycles. The number of halogens is 2. The standard InChI is InChI=1S/C16H14Cl2N2O/c1-20-14-5-3-9(6-11(14)8-15(20)21)16(19)10-2-4-12(17)13(18)7-10/h2-7,16H,8,19H2,1H3. The molecule has 3 nitrogen and oxygen atoms in total. The number of hydrogen-bond acceptors (Lipinski definition) is 2. The number of nitrogens with zero attached hydrogens (tertiary/aromatic N) is 1. The number of carbonyl (C=O) groups excluding carboxylic acids is 1. The lowest BCUT2D eigenvalue weighted by molar-refractivity contribution is -0.117. The molecule has 0 radical (unpaired) electrons. The van der Waals surface area contributed by atoms with Gasteiger partial charge in [-0.05, 0) is 34.9 Å². The van der Waals surface area contributed by atoms with Crippen LogP contribution in [0.5, 0.6) is 0 Å². The highest BCUT2D eigenvalue weighted by molar-refractivity contribution is 6.42. The van der Waals surface area contributed by atoms with Gasteiger partial charge >= 0.3 is 0 Å². The van der Waals surface area contributed by atoms with Gasteiger partial charge in [-0.3, -0.25) is 4.79 Å². The summed E-state index contributed by atoms with van der Waals surface area (Å²) in [5.41, 5.74) is 10.1. The fraction of sp³-hybridized carbons (Fsp3) is 0.188. The maximum absolute atomic E-state index is 11.7. The fourth-order valence-corrected chi connectivity index (χ4v) is 2.89. The van der Waals surface area contributed by atoms with Crippen LogP contribution in [-0.2, 0) is 11.2 Å². The Kier molecular flexibility index (Phi) is 3.66. The maximum Gasteiger partial charge on any atom is 0.231 e. The van der Waals surface area contributed by atoms with Crippen molar-refractivity contribution in [2.75, 3.05) is 11.9 Å². The summed E-state index contributed by atoms with van der Waals surface area (Å²) in [6, 6.07) is 11.0. The number of nitrogens with two attached hydrogens (primary N) is 1. The molecule has 2 aromatic carbocycles. The Morgan fingerprint density at radius 1 is 1.10 bits per heavy atom. The van der Waals surface area contributed by atoms with E-state index < -0.39 is 0 Å². The van der Waals surface area contributed by atoms with E-state index in [4.69, 9.17) is 28.9 Å². The van der Waals surface area contributed by atoms with E-state index in [0.717, 1.165) is 22.4 Å². The Balaban J connectivity index is 1.96. The van der Waals surface area contributed by atoms with Crippen LogP contribution in [0.4, 0.5) is 5.69 Å². The van der Waals surface area contributed by atoms with Gasteiger partial charge in [-0.2, -0.15) is 0 Å². The maximum atomic E-state index is 11.7. The van der Waals surface area contributed by atoms with E-state index in [2.05, 4.69) is 0 Å². The van der Waals surface area contributed by atoms with Crippen molar-refractivity contribution in [2.24, 2.45) is 5.73 Å². The first-order valence-electron chi connectivity index (χ1n) is 6.57. The number of likely N-dealkylation sites (N-methyl/N-ethyl adjacent to an activating group) is 1. The average molecular weight is 321 g/mol. The normalized spacial score (nSPS) is 15.2. The molecule has 108 valence electrons. The van der Waals surface area contributed by atoms with Crippen LogP contribution in [0.15, 0.2) is 36.4 Å². The van der Waals surface area contributed by atoms with Crippen LogP contribution in [0.2, 0.25) is 10.0 Å². The molecule has 2 aromatic rings. The summed E-state index contributed by atoms with van der Waals surface area (Å²) in [5, 5.41) is 0.995. The average Bonchev–Trinajstić information content (AvgIpc) is 2.76. The van der Waals surface area contributed by atoms with Gasteiger partial charge in [0.15, 0.2) is 0 Å². The molecule has 3 rings (SSSR count). The number of anilines is 1. The van der Waals surface area contributed by atoms with E-state index in [0.29, 0.717) is 16.5 Å². The highest BCUT2D eigenvalue weighted by Crippen LogP contribution is 2.32. The van der Waals surface area contributed by atoms with Crippen LogP contribution in [-0.4, -0.2) is 13.0 Å². The quantitative estimate of drug-likeness (QED) is 0.919. The van der Waals surface area contributed by atoms with Crippen molar-refractivity contribution in [3.8, 4) is 0 Å². The summed E-state index contributed by atoms with van der Waals surface area (Å²) in [7, 11) is 1.78. The van der Waals surface area contributed by atoms with Gasteiger partial charge in [0, 0.05) is 12.7 Å². The summed E-state index contributed by atoms with van der Waals surface area (Å²) in [5.74, 6) is 0.102. The van der Waals surface area contributed by atoms with Crippen molar-refractivity contribution < 1.29 is 4.79 Å². The predicted octanol–water partition coefficient (Wildman–Crippen LogP) is 3.56. The van der Waals surface area contributed by atoms with Crippen LogP contribution in [0.1, 0.15) is 22.7 Å². The van der Waals surface area contributed by atoms with E-state index in [1.54, 1.807) is 24.1 Å². The number of hydrogen-bond donors (Lipinski definition) is 1. The third-order valence-corrected chi connectivity index (χ3v) is 4.58. The first kappa shape index (κ1) is 14.4. The van der Waals surface area contributed by atoms with Crippen molar-refractivity contribution in [1.29, 1.82) is 0 Å². The molecular weight excluding hydrogens is 307 g/mol. The molecule has 1 aliphatic rings. The summed E-state index contributed by atoms with van der Waals surface area (Å²) in [6.45, 7) is 0. The summed E-state index contributed by atoms with van der Waals surface area (Å²) in [4.78, 5) is 13.4. The van der Waals surface area contributed by atoms with E-state index >= 15 is 0 Å². The molecule has 0 spiro atoms. The highest BCUT2D eigenvalue weighted by atomic mass is 35.5. The van der Waals surface area contributed by atoms with E-state index in [1.807, 2.05) is 24.3 Å². The predicted molar refractivity (Wildman–Crippen MR) is 86.0 cm³/mol. The molecule has 1 heterocycles. The second kappa shape index (κ2) is 5.34. The molecule has 0 aliphatic carbocycles. The molecular formula is C16H14Cl2N2O. The van der Waals surface area contributed by atoms with Gasteiger partial charge < -0.3 is 10.6 Å². The zero-order chi connectivity index (χ0) is 15.1. The largest absolute Gasteiger partial charge is 0.320 e. The lowest BCUT2D eigenvalue weighted by atomic mass is 9.97. The molecule has 0 saturated carbocycles. The SMILES string of the molecule is CN1C(=O)Cc2cc(C(N)c3ccc(Cl)c(Cl)c3)ccc21. The molecule has 0 bridgehead atoms. The molecule has 5 heteroatoms. The van der Waals surface area contributed by atoms with Crippen molar-refractivity contribution >= 4 is 34.8 Å². The summed E-state index contributed by atoms with van der Waals surface area (Å²) >= 11 is 12.0. The van der Waals surface area contributed by atoms with Gasteiger partial charge in [0.1, 0.15) is 0 Å². The number of benzene rings is 2. The molecule has 1 amide bonds. The minimum absolute atomic E-state index is 0.102. The molecule has 1 unspecified atom stereocenters. The number of amides is 1. The minimum atomic E-state index is -0.300. The Labute approximate surface area is 133 Å². The third kappa shape index (κ3) is 2.53. The van der Waals surface area contributed by atoms with E-state index in [1.165, 1.54) is 0 Å². The number of carbonyl (C=O) groups is 1. The van der Waals surface area contributed by atoms with Gasteiger partial charge in [-0.25, -0.2) is 0 Å². The first-order valence-corrected chi connectivity index (χ1v) is 7.33. The second-order valence-corrected chi connectivity index (χ2v) is 5.98. The van der Waals surface area contributed by atoms with Gasteiger partial charge in [-0.1, -0.05) is 41.4 Å². The van der Waals surface area contributed by atoms with Gasteiger partial charge in [0.25, 0.3) is 0 Å². The van der Waals surface area contributed by atoms with Crippen LogP contribution in [0.3, 0.4) is 0 Å². The third-order valence-electron chi connectivity index (χ3n) is 3.84. The van der Waals surface area contributed by atoms with Crippen LogP contribution < -0.4 is 10.6 Å². The topological polar surface area (TPSA) is 46.3 Å². The van der Waals surface area contributed by atoms with Crippen LogP contribution >= 0.6 is 23.2 Å². The molecule has 1 aliphatic heterocycles. The molecule has 0 fully saturated rings. The van der Waals surface area contributed by atoms with Crippen molar-refractivity contribution in [2.45, 2.75) is 12.5 Å². The summed E-state index contributed by atoms with van der Waals surface area (Å²) < 4.78 is 0. The number of fused-ring (bicyclic) bond motifs is 1. The van der Waals surface area contributed by atoms with E-state index in [-0.39, 0.29) is 11.9 Å². The van der Waals surface area contributed by atoms with Crippen LogP contribution in [0, 0.1) is 0 Å². The van der Waals surface area contributed by atoms with Crippen molar-refractivity contribution in [1.82, 2.24) is 0 Å². The zero-order valence-corrected chi connectivity index (χ0v) is 12.9. The lowest BCUT2D eigenvalue weighted by Gasteiger charge is -2.16. The zero-order valence-electron chi connectivity index (χ0n) is 11.4. The molecule has 2 N–H and O–H groups in total. The fourth-order valence-electron chi connectivity index (χ4n) is 2.58. The first-order chi connectivity index (χ1) is 9.97. The summed E-state index contributed by atoms with van der Waals surface area (Å²) in [6.07, 6.45) is 0.424. The van der Waals surface area contributed by atoms with Crippen LogP contribution in [0.25, 0.3) is 0 Å². The Bertz CT molecular complexity index is 730. The lowest BCUT2D eigenvalue weighted by Crippen LogP contribution is -2.20. The number of rotatable bonds is 2. The smallest absolute Gasteiger partial charge is 0.231 e. The monoisotopic (exact) mass is 320 g/mol.